The van der Waals surface area contributed by atoms with Crippen LogP contribution in [0.25, 0.3) is 0 Å². The maximum Gasteiger partial charge on any atom is 0.216 e. The molecule has 0 saturated carbocycles. The fraction of sp³-hybridized carbons (Fsp3) is 0.278. The Kier molecular flexibility index (Phi) is 4.11. The van der Waals surface area contributed by atoms with E-state index in [1.807, 2.05) is 73.6 Å². The Bertz CT molecular complexity index is 651. The number of ether oxygens (including phenoxy) is 1. The third-order valence-corrected chi connectivity index (χ3v) is 3.77. The second-order valence-corrected chi connectivity index (χ2v) is 5.60. The molecule has 0 bridgehead atoms. The van der Waals surface area contributed by atoms with Crippen LogP contribution in [0.15, 0.2) is 59.6 Å². The summed E-state index contributed by atoms with van der Waals surface area (Å²) in [6, 6.07) is 17.8. The number of aliphatic hydroxyl groups excluding tert-OH is 1. The zero-order chi connectivity index (χ0) is 15.5. The van der Waals surface area contributed by atoms with E-state index < -0.39 is 6.10 Å². The van der Waals surface area contributed by atoms with Gasteiger partial charge in [0.25, 0.3) is 0 Å². The average Bonchev–Trinajstić information content (AvgIpc) is 2.56. The van der Waals surface area contributed by atoms with E-state index in [2.05, 4.69) is 4.99 Å². The van der Waals surface area contributed by atoms with Gasteiger partial charge in [-0.25, -0.2) is 4.99 Å². The van der Waals surface area contributed by atoms with Crippen molar-refractivity contribution in [1.82, 2.24) is 0 Å². The van der Waals surface area contributed by atoms with E-state index in [1.54, 1.807) is 0 Å². The molecule has 0 radical (unpaired) electrons. The molecule has 1 N–H and O–H groups in total. The van der Waals surface area contributed by atoms with Gasteiger partial charge < -0.3 is 14.7 Å². The minimum atomic E-state index is -0.618. The highest BCUT2D eigenvalue weighted by molar-refractivity contribution is 5.95. The summed E-state index contributed by atoms with van der Waals surface area (Å²) in [7, 11) is 4.01. The van der Waals surface area contributed by atoms with Crippen molar-refractivity contribution in [3.8, 4) is 0 Å². The first-order valence-electron chi connectivity index (χ1n) is 7.37. The summed E-state index contributed by atoms with van der Waals surface area (Å²) in [6.45, 7) is 0.352. The number of benzene rings is 2. The number of hydrogen-bond acceptors (Lipinski definition) is 4. The lowest BCUT2D eigenvalue weighted by Gasteiger charge is -2.28. The minimum absolute atomic E-state index is 0.352. The third-order valence-electron chi connectivity index (χ3n) is 3.77. The van der Waals surface area contributed by atoms with Crippen LogP contribution in [0.2, 0.25) is 0 Å². The second kappa shape index (κ2) is 6.20. The standard InChI is InChI=1S/C18H20N2O2/c1-20(2)15-10-8-14(9-11-15)18-19-12-16(21)17(22-18)13-6-4-3-5-7-13/h3-11,16-17,21H,12H2,1-2H3. The zero-order valence-corrected chi connectivity index (χ0v) is 12.8. The fourth-order valence-electron chi connectivity index (χ4n) is 2.50. The molecule has 0 aliphatic carbocycles. The number of aliphatic imine (C=N–C) groups is 1. The van der Waals surface area contributed by atoms with Gasteiger partial charge in [-0.1, -0.05) is 30.3 Å². The molecule has 2 aromatic carbocycles. The van der Waals surface area contributed by atoms with Gasteiger partial charge >= 0.3 is 0 Å². The highest BCUT2D eigenvalue weighted by atomic mass is 16.5. The van der Waals surface area contributed by atoms with Crippen LogP contribution in [-0.4, -0.2) is 37.7 Å². The highest BCUT2D eigenvalue weighted by Crippen LogP contribution is 2.27. The van der Waals surface area contributed by atoms with Crippen LogP contribution in [-0.2, 0) is 4.74 Å². The van der Waals surface area contributed by atoms with Crippen molar-refractivity contribution in [2.24, 2.45) is 4.99 Å². The Morgan fingerprint density at radius 1 is 1.05 bits per heavy atom. The molecule has 2 aromatic rings. The molecule has 0 amide bonds. The predicted octanol–water partition coefficient (Wildman–Crippen LogP) is 2.63. The lowest BCUT2D eigenvalue weighted by atomic mass is 10.0. The molecule has 1 heterocycles. The summed E-state index contributed by atoms with van der Waals surface area (Å²) in [6.07, 6.45) is -0.991. The third kappa shape index (κ3) is 2.97. The van der Waals surface area contributed by atoms with E-state index in [1.165, 1.54) is 0 Å². The normalized spacial score (nSPS) is 21.0. The summed E-state index contributed by atoms with van der Waals surface area (Å²) < 4.78 is 5.96. The van der Waals surface area contributed by atoms with Gasteiger partial charge in [0.1, 0.15) is 6.10 Å². The molecule has 3 rings (SSSR count). The summed E-state index contributed by atoms with van der Waals surface area (Å²) in [5.74, 6) is 0.587. The lowest BCUT2D eigenvalue weighted by Crippen LogP contribution is -2.31. The van der Waals surface area contributed by atoms with E-state index in [4.69, 9.17) is 4.74 Å². The molecule has 0 saturated heterocycles. The van der Waals surface area contributed by atoms with Crippen LogP contribution in [0.5, 0.6) is 0 Å². The van der Waals surface area contributed by atoms with E-state index in [0.29, 0.717) is 12.4 Å². The van der Waals surface area contributed by atoms with Crippen molar-refractivity contribution < 1.29 is 9.84 Å². The summed E-state index contributed by atoms with van der Waals surface area (Å²) >= 11 is 0. The van der Waals surface area contributed by atoms with Gasteiger partial charge in [-0.05, 0) is 29.8 Å². The van der Waals surface area contributed by atoms with Gasteiger partial charge in [0, 0.05) is 25.3 Å². The first-order valence-corrected chi connectivity index (χ1v) is 7.37. The largest absolute Gasteiger partial charge is 0.466 e. The number of hydrogen-bond donors (Lipinski definition) is 1. The molecule has 2 unspecified atom stereocenters. The molecular formula is C18H20N2O2. The molecule has 114 valence electrons. The number of nitrogens with zero attached hydrogens (tertiary/aromatic N) is 2. The number of rotatable bonds is 3. The first kappa shape index (κ1) is 14.6. The van der Waals surface area contributed by atoms with Crippen molar-refractivity contribution in [2.75, 3.05) is 25.5 Å². The van der Waals surface area contributed by atoms with Gasteiger partial charge in [-0.15, -0.1) is 0 Å². The Morgan fingerprint density at radius 2 is 1.73 bits per heavy atom. The second-order valence-electron chi connectivity index (χ2n) is 5.60. The smallest absolute Gasteiger partial charge is 0.216 e. The van der Waals surface area contributed by atoms with Gasteiger partial charge in [-0.3, -0.25) is 0 Å². The van der Waals surface area contributed by atoms with Crippen LogP contribution in [0, 0.1) is 0 Å². The highest BCUT2D eigenvalue weighted by Gasteiger charge is 2.28. The molecule has 0 aromatic heterocycles. The SMILES string of the molecule is CN(C)c1ccc(C2=NCC(O)C(c3ccccc3)O2)cc1. The monoisotopic (exact) mass is 296 g/mol. The molecule has 2 atom stereocenters. The van der Waals surface area contributed by atoms with Crippen LogP contribution in [0.3, 0.4) is 0 Å². The van der Waals surface area contributed by atoms with E-state index in [-0.39, 0.29) is 6.10 Å². The van der Waals surface area contributed by atoms with Gasteiger partial charge in [0.05, 0.1) is 6.54 Å². The van der Waals surface area contributed by atoms with Crippen molar-refractivity contribution in [3.05, 3.63) is 65.7 Å². The predicted molar refractivity (Wildman–Crippen MR) is 88.4 cm³/mol. The van der Waals surface area contributed by atoms with E-state index in [9.17, 15) is 5.11 Å². The Balaban J connectivity index is 1.83. The Labute approximate surface area is 130 Å². The van der Waals surface area contributed by atoms with Gasteiger partial charge in [0.15, 0.2) is 6.10 Å². The lowest BCUT2D eigenvalue weighted by molar-refractivity contribution is 0.0217. The number of aliphatic hydroxyl groups is 1. The Morgan fingerprint density at radius 3 is 2.36 bits per heavy atom. The molecule has 4 heteroatoms. The van der Waals surface area contributed by atoms with Gasteiger partial charge in [-0.2, -0.15) is 0 Å². The van der Waals surface area contributed by atoms with Crippen molar-refractivity contribution in [2.45, 2.75) is 12.2 Å². The molecule has 0 spiro atoms. The molecule has 1 aliphatic rings. The van der Waals surface area contributed by atoms with Crippen molar-refractivity contribution in [1.29, 1.82) is 0 Å². The van der Waals surface area contributed by atoms with Crippen LogP contribution < -0.4 is 4.90 Å². The zero-order valence-electron chi connectivity index (χ0n) is 12.8. The summed E-state index contributed by atoms with van der Waals surface area (Å²) in [4.78, 5) is 6.41. The van der Waals surface area contributed by atoms with Crippen molar-refractivity contribution >= 4 is 11.6 Å². The van der Waals surface area contributed by atoms with E-state index >= 15 is 0 Å². The molecule has 22 heavy (non-hydrogen) atoms. The average molecular weight is 296 g/mol. The molecular weight excluding hydrogens is 276 g/mol. The molecule has 1 aliphatic heterocycles. The van der Waals surface area contributed by atoms with Crippen LogP contribution in [0.4, 0.5) is 5.69 Å². The first-order chi connectivity index (χ1) is 10.6. The topological polar surface area (TPSA) is 45.1 Å². The van der Waals surface area contributed by atoms with Crippen LogP contribution in [0.1, 0.15) is 17.2 Å². The quantitative estimate of drug-likeness (QED) is 0.947. The summed E-state index contributed by atoms with van der Waals surface area (Å²) in [5, 5.41) is 10.2. The van der Waals surface area contributed by atoms with Gasteiger partial charge in [0.2, 0.25) is 5.90 Å². The Hall–Kier alpha value is -2.33. The minimum Gasteiger partial charge on any atom is -0.466 e. The van der Waals surface area contributed by atoms with E-state index in [0.717, 1.165) is 16.8 Å². The fourth-order valence-corrected chi connectivity index (χ4v) is 2.50. The molecule has 0 fully saturated rings. The maximum absolute atomic E-state index is 10.2. The summed E-state index contributed by atoms with van der Waals surface area (Å²) in [5.41, 5.74) is 3.02. The maximum atomic E-state index is 10.2. The van der Waals surface area contributed by atoms with Crippen LogP contribution >= 0.6 is 0 Å². The molecule has 4 nitrogen and oxygen atoms in total. The number of anilines is 1. The van der Waals surface area contributed by atoms with Crippen molar-refractivity contribution in [3.63, 3.8) is 0 Å².